The Kier molecular flexibility index (Phi) is 5.83. The van der Waals surface area contributed by atoms with E-state index in [4.69, 9.17) is 4.84 Å². The third-order valence-electron chi connectivity index (χ3n) is 3.26. The summed E-state index contributed by atoms with van der Waals surface area (Å²) in [5, 5.41) is 9.44. The highest BCUT2D eigenvalue weighted by atomic mass is 19.4. The Morgan fingerprint density at radius 3 is 2.74 bits per heavy atom. The zero-order valence-electron chi connectivity index (χ0n) is 12.5. The van der Waals surface area contributed by atoms with Crippen LogP contribution in [-0.4, -0.2) is 42.2 Å². The number of aliphatic hydroxyl groups excluding tert-OH is 1. The molecule has 1 aliphatic heterocycles. The predicted molar refractivity (Wildman–Crippen MR) is 78.0 cm³/mol. The highest BCUT2D eigenvalue weighted by molar-refractivity contribution is 5.29. The van der Waals surface area contributed by atoms with Crippen molar-refractivity contribution in [2.75, 3.05) is 13.8 Å². The van der Waals surface area contributed by atoms with Gasteiger partial charge in [0.2, 0.25) is 0 Å². The minimum absolute atomic E-state index is 0.0949. The summed E-state index contributed by atoms with van der Waals surface area (Å²) in [6.07, 6.45) is 3.87. The lowest BCUT2D eigenvalue weighted by Crippen LogP contribution is -2.42. The first-order valence-electron chi connectivity index (χ1n) is 6.98. The summed E-state index contributed by atoms with van der Waals surface area (Å²) in [5.41, 5.74) is 8.31. The Hall–Kier alpha value is -1.81. The van der Waals surface area contributed by atoms with Crippen LogP contribution in [0.15, 0.2) is 47.9 Å². The monoisotopic (exact) mass is 332 g/mol. The summed E-state index contributed by atoms with van der Waals surface area (Å²) in [5.74, 6) is 0. The minimum Gasteiger partial charge on any atom is -0.370 e. The van der Waals surface area contributed by atoms with Gasteiger partial charge in [0, 0.05) is 19.3 Å². The summed E-state index contributed by atoms with van der Waals surface area (Å²) in [6.45, 7) is 0.0949. The molecule has 9 heteroatoms. The van der Waals surface area contributed by atoms with E-state index in [0.29, 0.717) is 5.70 Å². The van der Waals surface area contributed by atoms with Crippen molar-refractivity contribution in [2.24, 2.45) is 0 Å². The van der Waals surface area contributed by atoms with Crippen molar-refractivity contribution in [3.63, 3.8) is 0 Å². The van der Waals surface area contributed by atoms with Gasteiger partial charge in [-0.15, -0.1) is 0 Å². The van der Waals surface area contributed by atoms with Crippen LogP contribution in [0.3, 0.4) is 0 Å². The first-order valence-corrected chi connectivity index (χ1v) is 6.98. The van der Waals surface area contributed by atoms with Crippen molar-refractivity contribution in [3.8, 4) is 0 Å². The van der Waals surface area contributed by atoms with Crippen LogP contribution < -0.4 is 16.3 Å². The fraction of sp³-hybridized carbons (Fsp3) is 0.429. The number of hydroxylamine groups is 1. The first kappa shape index (κ1) is 17.5. The lowest BCUT2D eigenvalue weighted by atomic mass is 10.0. The summed E-state index contributed by atoms with van der Waals surface area (Å²) < 4.78 is 37.3. The summed E-state index contributed by atoms with van der Waals surface area (Å²) in [6, 6.07) is -0.236. The second kappa shape index (κ2) is 7.64. The van der Waals surface area contributed by atoms with Gasteiger partial charge in [-0.2, -0.15) is 13.2 Å². The molecule has 0 radical (unpaired) electrons. The smallest absolute Gasteiger partial charge is 0.370 e. The fourth-order valence-electron chi connectivity index (χ4n) is 1.99. The molecule has 1 aliphatic carbocycles. The SMILES string of the molecule is CN1C=C(NOCNNC2C=CC(C(F)(F)F)=CC2)C=CC1O. The third-order valence-corrected chi connectivity index (χ3v) is 3.26. The molecular weight excluding hydrogens is 313 g/mol. The number of rotatable bonds is 6. The molecule has 0 bridgehead atoms. The van der Waals surface area contributed by atoms with E-state index in [1.165, 1.54) is 6.08 Å². The topological polar surface area (TPSA) is 68.8 Å². The number of halogens is 3. The van der Waals surface area contributed by atoms with Crippen LogP contribution in [0.4, 0.5) is 13.2 Å². The third kappa shape index (κ3) is 5.39. The van der Waals surface area contributed by atoms with Crippen LogP contribution in [0, 0.1) is 0 Å². The number of alkyl halides is 3. The second-order valence-corrected chi connectivity index (χ2v) is 5.09. The van der Waals surface area contributed by atoms with Crippen LogP contribution in [0.25, 0.3) is 0 Å². The molecular formula is C14H19F3N4O2. The van der Waals surface area contributed by atoms with E-state index in [0.717, 1.165) is 12.2 Å². The maximum Gasteiger partial charge on any atom is 0.416 e. The van der Waals surface area contributed by atoms with Crippen molar-refractivity contribution >= 4 is 0 Å². The van der Waals surface area contributed by atoms with E-state index in [1.807, 2.05) is 0 Å². The zero-order chi connectivity index (χ0) is 16.9. The van der Waals surface area contributed by atoms with Crippen molar-refractivity contribution in [3.05, 3.63) is 47.9 Å². The largest absolute Gasteiger partial charge is 0.416 e. The molecule has 0 saturated heterocycles. The number of allylic oxidation sites excluding steroid dienone is 3. The van der Waals surface area contributed by atoms with Gasteiger partial charge in [0.25, 0.3) is 0 Å². The van der Waals surface area contributed by atoms with Crippen LogP contribution in [0.2, 0.25) is 0 Å². The molecule has 0 amide bonds. The maximum absolute atomic E-state index is 12.4. The second-order valence-electron chi connectivity index (χ2n) is 5.09. The molecule has 2 aliphatic rings. The van der Waals surface area contributed by atoms with E-state index >= 15 is 0 Å². The molecule has 0 aromatic rings. The van der Waals surface area contributed by atoms with E-state index < -0.39 is 18.0 Å². The van der Waals surface area contributed by atoms with Crippen LogP contribution >= 0.6 is 0 Å². The average Bonchev–Trinajstić information content (AvgIpc) is 2.50. The lowest BCUT2D eigenvalue weighted by Gasteiger charge is -2.24. The number of nitrogens with zero attached hydrogens (tertiary/aromatic N) is 1. The Morgan fingerprint density at radius 1 is 1.35 bits per heavy atom. The molecule has 128 valence electrons. The number of hydrazine groups is 1. The maximum atomic E-state index is 12.4. The molecule has 0 spiro atoms. The number of aliphatic hydroxyl groups is 1. The van der Waals surface area contributed by atoms with Gasteiger partial charge < -0.3 is 10.0 Å². The summed E-state index contributed by atoms with van der Waals surface area (Å²) in [4.78, 5) is 6.74. The average molecular weight is 332 g/mol. The van der Waals surface area contributed by atoms with Gasteiger partial charge in [-0.3, -0.25) is 10.3 Å². The molecule has 0 aromatic heterocycles. The van der Waals surface area contributed by atoms with E-state index in [2.05, 4.69) is 16.3 Å². The lowest BCUT2D eigenvalue weighted by molar-refractivity contribution is -0.0887. The summed E-state index contributed by atoms with van der Waals surface area (Å²) >= 11 is 0. The van der Waals surface area contributed by atoms with Crippen molar-refractivity contribution < 1.29 is 23.1 Å². The van der Waals surface area contributed by atoms with Gasteiger partial charge in [0.1, 0.15) is 13.0 Å². The van der Waals surface area contributed by atoms with Gasteiger partial charge in [-0.25, -0.2) is 10.9 Å². The molecule has 0 aromatic carbocycles. The van der Waals surface area contributed by atoms with Gasteiger partial charge in [-0.05, 0) is 18.6 Å². The molecule has 23 heavy (non-hydrogen) atoms. The Morgan fingerprint density at radius 2 is 2.13 bits per heavy atom. The Labute approximate surface area is 131 Å². The molecule has 0 fully saturated rings. The zero-order valence-corrected chi connectivity index (χ0v) is 12.5. The highest BCUT2D eigenvalue weighted by Gasteiger charge is 2.32. The predicted octanol–water partition coefficient (Wildman–Crippen LogP) is 1.04. The van der Waals surface area contributed by atoms with E-state index in [9.17, 15) is 18.3 Å². The Balaban J connectivity index is 1.61. The molecule has 2 unspecified atom stereocenters. The van der Waals surface area contributed by atoms with Crippen LogP contribution in [0.5, 0.6) is 0 Å². The van der Waals surface area contributed by atoms with E-state index in [1.54, 1.807) is 30.3 Å². The fourth-order valence-corrected chi connectivity index (χ4v) is 1.99. The molecule has 1 heterocycles. The molecule has 0 saturated carbocycles. The Bertz CT molecular complexity index is 529. The molecule has 2 rings (SSSR count). The number of nitrogens with one attached hydrogen (secondary N) is 3. The summed E-state index contributed by atoms with van der Waals surface area (Å²) in [7, 11) is 1.72. The van der Waals surface area contributed by atoms with Crippen LogP contribution in [0.1, 0.15) is 6.42 Å². The normalized spacial score (nSPS) is 24.5. The number of hydrogen-bond donors (Lipinski definition) is 4. The minimum atomic E-state index is -4.30. The number of likely N-dealkylation sites (N-methyl/N-ethyl adjacent to an activating group) is 1. The van der Waals surface area contributed by atoms with Gasteiger partial charge >= 0.3 is 6.18 Å². The number of hydrogen-bond acceptors (Lipinski definition) is 6. The van der Waals surface area contributed by atoms with Gasteiger partial charge in [-0.1, -0.05) is 18.2 Å². The molecule has 2 atom stereocenters. The van der Waals surface area contributed by atoms with Crippen molar-refractivity contribution in [1.82, 2.24) is 21.2 Å². The van der Waals surface area contributed by atoms with Crippen molar-refractivity contribution in [2.45, 2.75) is 24.9 Å². The first-order chi connectivity index (χ1) is 10.9. The van der Waals surface area contributed by atoms with E-state index in [-0.39, 0.29) is 19.2 Å². The highest BCUT2D eigenvalue weighted by Crippen LogP contribution is 2.29. The molecule has 4 N–H and O–H groups in total. The van der Waals surface area contributed by atoms with Gasteiger partial charge in [0.15, 0.2) is 0 Å². The van der Waals surface area contributed by atoms with Crippen molar-refractivity contribution in [1.29, 1.82) is 0 Å². The quantitative estimate of drug-likeness (QED) is 0.331. The van der Waals surface area contributed by atoms with Crippen LogP contribution in [-0.2, 0) is 4.84 Å². The van der Waals surface area contributed by atoms with Gasteiger partial charge in [0.05, 0.1) is 11.3 Å². The molecule has 6 nitrogen and oxygen atoms in total. The standard InChI is InChI=1S/C14H19F3N4O2/c1-21-8-12(6-7-13(21)22)20-23-9-18-19-11-4-2-10(3-5-11)14(15,16)17/h2-4,6-8,11,13,18-20,22H,5,9H2,1H3.